The van der Waals surface area contributed by atoms with E-state index >= 15 is 0 Å². The molecule has 1 atom stereocenters. The van der Waals surface area contributed by atoms with Crippen molar-refractivity contribution in [3.8, 4) is 0 Å². The van der Waals surface area contributed by atoms with Crippen molar-refractivity contribution in [1.29, 1.82) is 0 Å². The third kappa shape index (κ3) is 3.71. The average molecular weight is 235 g/mol. The first-order valence-electron chi connectivity index (χ1n) is 5.34. The Hall–Kier alpha value is -0.170. The van der Waals surface area contributed by atoms with E-state index in [1.165, 1.54) is 18.4 Å². The van der Waals surface area contributed by atoms with Crippen molar-refractivity contribution in [2.45, 2.75) is 25.8 Å². The van der Waals surface area contributed by atoms with Gasteiger partial charge >= 0.3 is 0 Å². The molecule has 0 bridgehead atoms. The Labute approximate surface area is 92.4 Å². The summed E-state index contributed by atoms with van der Waals surface area (Å²) in [5.74, 6) is 0.445. The molecule has 0 radical (unpaired) electrons. The molecule has 5 nitrogen and oxygen atoms in total. The van der Waals surface area contributed by atoms with Crippen molar-refractivity contribution in [1.82, 2.24) is 14.3 Å². The minimum Gasteiger partial charge on any atom is -0.317 e. The Bertz CT molecular complexity index is 284. The summed E-state index contributed by atoms with van der Waals surface area (Å²) in [7, 11) is -0.206. The molecule has 2 N–H and O–H groups in total. The highest BCUT2D eigenvalue weighted by Gasteiger charge is 2.24. The van der Waals surface area contributed by atoms with Crippen LogP contribution in [-0.2, 0) is 10.2 Å². The molecule has 0 spiro atoms. The van der Waals surface area contributed by atoms with Crippen LogP contribution in [0.4, 0.5) is 0 Å². The lowest BCUT2D eigenvalue weighted by molar-refractivity contribution is 0.312. The zero-order valence-electron chi connectivity index (χ0n) is 9.66. The Morgan fingerprint density at radius 1 is 1.33 bits per heavy atom. The second-order valence-electron chi connectivity index (χ2n) is 4.28. The predicted molar refractivity (Wildman–Crippen MR) is 60.8 cm³/mol. The number of nitrogens with zero attached hydrogens (tertiary/aromatic N) is 1. The lowest BCUT2D eigenvalue weighted by atomic mass is 9.92. The second kappa shape index (κ2) is 5.25. The van der Waals surface area contributed by atoms with E-state index in [2.05, 4.69) is 10.0 Å². The van der Waals surface area contributed by atoms with Gasteiger partial charge in [0.1, 0.15) is 0 Å². The quantitative estimate of drug-likeness (QED) is 0.707. The van der Waals surface area contributed by atoms with Crippen molar-refractivity contribution in [3.05, 3.63) is 0 Å². The fourth-order valence-electron chi connectivity index (χ4n) is 1.78. The molecular weight excluding hydrogens is 214 g/mol. The van der Waals surface area contributed by atoms with E-state index in [-0.39, 0.29) is 6.04 Å². The summed E-state index contributed by atoms with van der Waals surface area (Å²) in [6.07, 6.45) is 2.08. The van der Waals surface area contributed by atoms with Gasteiger partial charge in [-0.15, -0.1) is 0 Å². The minimum absolute atomic E-state index is 0.0134. The molecule has 0 aromatic rings. The Morgan fingerprint density at radius 3 is 2.33 bits per heavy atom. The normalized spacial score (nSPS) is 21.9. The fraction of sp³-hybridized carbons (Fsp3) is 1.00. The van der Waals surface area contributed by atoms with Gasteiger partial charge in [0, 0.05) is 20.1 Å². The molecule has 0 aromatic heterocycles. The summed E-state index contributed by atoms with van der Waals surface area (Å²) in [5.41, 5.74) is 0. The van der Waals surface area contributed by atoms with Gasteiger partial charge in [-0.2, -0.15) is 17.4 Å². The van der Waals surface area contributed by atoms with Crippen LogP contribution < -0.4 is 10.0 Å². The van der Waals surface area contributed by atoms with Crippen LogP contribution in [0.3, 0.4) is 0 Å². The largest absolute Gasteiger partial charge is 0.317 e. The van der Waals surface area contributed by atoms with Crippen molar-refractivity contribution >= 4 is 10.2 Å². The zero-order chi connectivity index (χ0) is 11.5. The van der Waals surface area contributed by atoms with Gasteiger partial charge in [0.25, 0.3) is 10.2 Å². The molecule has 1 aliphatic rings. The van der Waals surface area contributed by atoms with Crippen LogP contribution in [0.25, 0.3) is 0 Å². The molecule has 0 saturated carbocycles. The molecular formula is C9H21N3O2S. The highest BCUT2D eigenvalue weighted by molar-refractivity contribution is 7.87. The van der Waals surface area contributed by atoms with E-state index in [9.17, 15) is 8.42 Å². The third-order valence-corrected chi connectivity index (χ3v) is 4.54. The van der Waals surface area contributed by atoms with E-state index in [0.29, 0.717) is 5.92 Å². The molecule has 90 valence electrons. The van der Waals surface area contributed by atoms with E-state index < -0.39 is 10.2 Å². The van der Waals surface area contributed by atoms with Gasteiger partial charge in [0.15, 0.2) is 0 Å². The maximum absolute atomic E-state index is 11.6. The summed E-state index contributed by atoms with van der Waals surface area (Å²) >= 11 is 0. The van der Waals surface area contributed by atoms with Crippen LogP contribution in [0, 0.1) is 5.92 Å². The first-order chi connectivity index (χ1) is 6.93. The maximum atomic E-state index is 11.6. The van der Waals surface area contributed by atoms with Crippen molar-refractivity contribution in [3.63, 3.8) is 0 Å². The van der Waals surface area contributed by atoms with Crippen LogP contribution in [0.5, 0.6) is 0 Å². The predicted octanol–water partition coefficient (Wildman–Crippen LogP) is -0.229. The van der Waals surface area contributed by atoms with Gasteiger partial charge < -0.3 is 5.32 Å². The topological polar surface area (TPSA) is 61.4 Å². The summed E-state index contributed by atoms with van der Waals surface area (Å²) in [6.45, 7) is 3.91. The van der Waals surface area contributed by atoms with E-state index in [0.717, 1.165) is 25.9 Å². The van der Waals surface area contributed by atoms with Gasteiger partial charge in [0.05, 0.1) is 0 Å². The number of hydrogen-bond donors (Lipinski definition) is 2. The van der Waals surface area contributed by atoms with Gasteiger partial charge in [-0.05, 0) is 38.8 Å². The first kappa shape index (κ1) is 12.9. The number of hydrogen-bond acceptors (Lipinski definition) is 3. The van der Waals surface area contributed by atoms with E-state index in [4.69, 9.17) is 0 Å². The molecule has 0 aromatic carbocycles. The second-order valence-corrected chi connectivity index (χ2v) is 6.20. The van der Waals surface area contributed by atoms with E-state index in [1.54, 1.807) is 0 Å². The number of rotatable bonds is 4. The molecule has 1 rings (SSSR count). The number of piperidine rings is 1. The Kier molecular flexibility index (Phi) is 4.51. The van der Waals surface area contributed by atoms with Gasteiger partial charge in [-0.3, -0.25) is 0 Å². The third-order valence-electron chi connectivity index (χ3n) is 2.91. The molecule has 1 aliphatic heterocycles. The van der Waals surface area contributed by atoms with Crippen LogP contribution in [0.1, 0.15) is 19.8 Å². The summed E-state index contributed by atoms with van der Waals surface area (Å²) in [5, 5.41) is 3.27. The van der Waals surface area contributed by atoms with Crippen molar-refractivity contribution in [2.75, 3.05) is 27.2 Å². The first-order valence-corrected chi connectivity index (χ1v) is 6.78. The smallest absolute Gasteiger partial charge is 0.279 e. The molecule has 1 saturated heterocycles. The fourth-order valence-corrected chi connectivity index (χ4v) is 2.65. The summed E-state index contributed by atoms with van der Waals surface area (Å²) in [6, 6.07) is 0.0134. The lowest BCUT2D eigenvalue weighted by Crippen LogP contribution is -2.46. The minimum atomic E-state index is -3.28. The molecule has 0 aliphatic carbocycles. The van der Waals surface area contributed by atoms with Crippen LogP contribution in [0.2, 0.25) is 0 Å². The summed E-state index contributed by atoms with van der Waals surface area (Å²) < 4.78 is 27.1. The van der Waals surface area contributed by atoms with Gasteiger partial charge in [-0.25, -0.2) is 0 Å². The van der Waals surface area contributed by atoms with Gasteiger partial charge in [0.2, 0.25) is 0 Å². The average Bonchev–Trinajstić information content (AvgIpc) is 2.18. The highest BCUT2D eigenvalue weighted by atomic mass is 32.2. The summed E-state index contributed by atoms with van der Waals surface area (Å²) in [4.78, 5) is 0. The Morgan fingerprint density at radius 2 is 1.87 bits per heavy atom. The SMILES string of the molecule is CC(NS(=O)(=O)N(C)C)C1CCNCC1. The molecule has 1 fully saturated rings. The van der Waals surface area contributed by atoms with Crippen molar-refractivity contribution in [2.24, 2.45) is 5.92 Å². The van der Waals surface area contributed by atoms with Crippen LogP contribution in [0.15, 0.2) is 0 Å². The van der Waals surface area contributed by atoms with Crippen molar-refractivity contribution < 1.29 is 8.42 Å². The van der Waals surface area contributed by atoms with E-state index in [1.807, 2.05) is 6.92 Å². The Balaban J connectivity index is 2.50. The molecule has 6 heteroatoms. The molecule has 1 heterocycles. The lowest BCUT2D eigenvalue weighted by Gasteiger charge is -2.29. The van der Waals surface area contributed by atoms with Crippen LogP contribution in [-0.4, -0.2) is 45.9 Å². The number of nitrogens with one attached hydrogen (secondary N) is 2. The molecule has 1 unspecified atom stereocenters. The maximum Gasteiger partial charge on any atom is 0.279 e. The van der Waals surface area contributed by atoms with Gasteiger partial charge in [-0.1, -0.05) is 0 Å². The standard InChI is InChI=1S/C9H21N3O2S/c1-8(9-4-6-10-7-5-9)11-15(13,14)12(2)3/h8-11H,4-7H2,1-3H3. The zero-order valence-corrected chi connectivity index (χ0v) is 10.5. The molecule has 0 amide bonds. The monoisotopic (exact) mass is 235 g/mol. The molecule has 15 heavy (non-hydrogen) atoms. The van der Waals surface area contributed by atoms with Crippen LogP contribution >= 0.6 is 0 Å². The highest BCUT2D eigenvalue weighted by Crippen LogP contribution is 2.16.